The number of thioether (sulfide) groups is 1. The van der Waals surface area contributed by atoms with Crippen LogP contribution in [-0.2, 0) is 11.3 Å². The standard InChI is InChI=1S/C21H17FN4OS/c22-17-8-6-15(7-9-17)13-24-20(27)14-28-21-19-12-18(16-4-2-1-3-5-16)25-26(19)11-10-23-21/h1-12H,13-14H2,(H,24,27). The van der Waals surface area contributed by atoms with Gasteiger partial charge in [0.25, 0.3) is 0 Å². The summed E-state index contributed by atoms with van der Waals surface area (Å²) >= 11 is 1.36. The monoisotopic (exact) mass is 392 g/mol. The molecule has 0 fully saturated rings. The average Bonchev–Trinajstić information content (AvgIpc) is 3.17. The minimum absolute atomic E-state index is 0.110. The second-order valence-electron chi connectivity index (χ2n) is 6.15. The molecule has 0 atom stereocenters. The van der Waals surface area contributed by atoms with E-state index in [0.29, 0.717) is 6.54 Å². The fraction of sp³-hybridized carbons (Fsp3) is 0.0952. The second kappa shape index (κ2) is 8.22. The molecular formula is C21H17FN4OS. The highest BCUT2D eigenvalue weighted by Gasteiger charge is 2.11. The van der Waals surface area contributed by atoms with Gasteiger partial charge in [0.2, 0.25) is 5.91 Å². The van der Waals surface area contributed by atoms with Crippen LogP contribution < -0.4 is 5.32 Å². The zero-order chi connectivity index (χ0) is 19.3. The highest BCUT2D eigenvalue weighted by molar-refractivity contribution is 8.00. The minimum Gasteiger partial charge on any atom is -0.351 e. The minimum atomic E-state index is -0.291. The summed E-state index contributed by atoms with van der Waals surface area (Å²) in [5, 5.41) is 8.17. The molecule has 7 heteroatoms. The van der Waals surface area contributed by atoms with E-state index in [1.165, 1.54) is 23.9 Å². The van der Waals surface area contributed by atoms with Crippen LogP contribution in [0.15, 0.2) is 78.1 Å². The van der Waals surface area contributed by atoms with Crippen LogP contribution in [-0.4, -0.2) is 26.3 Å². The maximum absolute atomic E-state index is 12.9. The predicted octanol–water partition coefficient (Wildman–Crippen LogP) is 3.94. The van der Waals surface area contributed by atoms with Crippen molar-refractivity contribution in [2.45, 2.75) is 11.6 Å². The van der Waals surface area contributed by atoms with E-state index in [2.05, 4.69) is 15.4 Å². The molecule has 0 aliphatic rings. The third kappa shape index (κ3) is 4.20. The van der Waals surface area contributed by atoms with Gasteiger partial charge in [-0.3, -0.25) is 4.79 Å². The Hall–Kier alpha value is -3.19. The van der Waals surface area contributed by atoms with Crippen LogP contribution in [0, 0.1) is 5.82 Å². The lowest BCUT2D eigenvalue weighted by atomic mass is 10.1. The number of halogens is 1. The Bertz CT molecular complexity index is 1100. The third-order valence-electron chi connectivity index (χ3n) is 4.17. The molecule has 0 spiro atoms. The summed E-state index contributed by atoms with van der Waals surface area (Å²) in [6, 6.07) is 18.0. The van der Waals surface area contributed by atoms with Crippen molar-refractivity contribution in [2.75, 3.05) is 5.75 Å². The first kappa shape index (κ1) is 18.2. The van der Waals surface area contributed by atoms with E-state index >= 15 is 0 Å². The van der Waals surface area contributed by atoms with Crippen LogP contribution in [0.25, 0.3) is 16.8 Å². The van der Waals surface area contributed by atoms with Crippen molar-refractivity contribution in [3.63, 3.8) is 0 Å². The normalized spacial score (nSPS) is 10.9. The number of rotatable bonds is 6. The van der Waals surface area contributed by atoms with Crippen molar-refractivity contribution in [1.29, 1.82) is 0 Å². The topological polar surface area (TPSA) is 59.3 Å². The molecule has 5 nitrogen and oxygen atoms in total. The molecule has 0 bridgehead atoms. The molecular weight excluding hydrogens is 375 g/mol. The highest BCUT2D eigenvalue weighted by Crippen LogP contribution is 2.25. The van der Waals surface area contributed by atoms with Gasteiger partial charge < -0.3 is 5.32 Å². The molecule has 1 amide bonds. The van der Waals surface area contributed by atoms with E-state index in [1.54, 1.807) is 29.0 Å². The maximum atomic E-state index is 12.9. The lowest BCUT2D eigenvalue weighted by Crippen LogP contribution is -2.24. The fourth-order valence-corrected chi connectivity index (χ4v) is 3.55. The SMILES string of the molecule is O=C(CSc1nccn2nc(-c3ccccc3)cc12)NCc1ccc(F)cc1. The fourth-order valence-electron chi connectivity index (χ4n) is 2.75. The van der Waals surface area contributed by atoms with E-state index in [0.717, 1.165) is 27.4 Å². The van der Waals surface area contributed by atoms with Gasteiger partial charge in [-0.2, -0.15) is 5.10 Å². The van der Waals surface area contributed by atoms with Crippen molar-refractivity contribution in [1.82, 2.24) is 19.9 Å². The van der Waals surface area contributed by atoms with E-state index in [4.69, 9.17) is 0 Å². The number of carbonyl (C=O) groups excluding carboxylic acids is 1. The molecule has 140 valence electrons. The second-order valence-corrected chi connectivity index (χ2v) is 7.11. The van der Waals surface area contributed by atoms with Crippen molar-refractivity contribution >= 4 is 23.2 Å². The summed E-state index contributed by atoms with van der Waals surface area (Å²) < 4.78 is 14.7. The lowest BCUT2D eigenvalue weighted by Gasteiger charge is -2.06. The average molecular weight is 392 g/mol. The predicted molar refractivity (Wildman–Crippen MR) is 107 cm³/mol. The quantitative estimate of drug-likeness (QED) is 0.505. The van der Waals surface area contributed by atoms with Crippen LogP contribution >= 0.6 is 11.8 Å². The van der Waals surface area contributed by atoms with E-state index < -0.39 is 0 Å². The third-order valence-corrected chi connectivity index (χ3v) is 5.16. The van der Waals surface area contributed by atoms with E-state index in [-0.39, 0.29) is 17.5 Å². The van der Waals surface area contributed by atoms with Crippen LogP contribution in [0.1, 0.15) is 5.56 Å². The van der Waals surface area contributed by atoms with Crippen LogP contribution in [0.5, 0.6) is 0 Å². The van der Waals surface area contributed by atoms with Crippen LogP contribution in [0.2, 0.25) is 0 Å². The summed E-state index contributed by atoms with van der Waals surface area (Å²) in [6.07, 6.45) is 3.47. The van der Waals surface area contributed by atoms with Gasteiger partial charge in [-0.25, -0.2) is 13.9 Å². The molecule has 28 heavy (non-hydrogen) atoms. The number of nitrogens with zero attached hydrogens (tertiary/aromatic N) is 3. The number of fused-ring (bicyclic) bond motifs is 1. The Morgan fingerprint density at radius 2 is 1.89 bits per heavy atom. The molecule has 2 aromatic carbocycles. The molecule has 1 N–H and O–H groups in total. The summed E-state index contributed by atoms with van der Waals surface area (Å²) in [5.74, 6) is -0.166. The van der Waals surface area contributed by atoms with Gasteiger partial charge in [-0.15, -0.1) is 0 Å². The Morgan fingerprint density at radius 1 is 1.11 bits per heavy atom. The molecule has 0 radical (unpaired) electrons. The molecule has 4 aromatic rings. The maximum Gasteiger partial charge on any atom is 0.230 e. The van der Waals surface area contributed by atoms with Crippen molar-refractivity contribution < 1.29 is 9.18 Å². The van der Waals surface area contributed by atoms with Crippen molar-refractivity contribution in [3.05, 3.63) is 84.4 Å². The van der Waals surface area contributed by atoms with Crippen molar-refractivity contribution in [2.24, 2.45) is 0 Å². The number of amides is 1. The Balaban J connectivity index is 1.42. The number of hydrogen-bond donors (Lipinski definition) is 1. The number of carbonyl (C=O) groups is 1. The van der Waals surface area contributed by atoms with Gasteiger partial charge in [0.05, 0.1) is 17.0 Å². The molecule has 4 rings (SSSR count). The molecule has 0 aliphatic heterocycles. The number of hydrogen-bond acceptors (Lipinski definition) is 4. The zero-order valence-electron chi connectivity index (χ0n) is 14.9. The number of benzene rings is 2. The summed E-state index contributed by atoms with van der Waals surface area (Å²) in [4.78, 5) is 16.6. The molecule has 2 heterocycles. The number of nitrogens with one attached hydrogen (secondary N) is 1. The van der Waals surface area contributed by atoms with Crippen LogP contribution in [0.3, 0.4) is 0 Å². The van der Waals surface area contributed by atoms with E-state index in [9.17, 15) is 9.18 Å². The number of aromatic nitrogens is 3. The van der Waals surface area contributed by atoms with Gasteiger partial charge in [-0.1, -0.05) is 54.2 Å². The Kier molecular flexibility index (Phi) is 5.34. The van der Waals surface area contributed by atoms with Crippen LogP contribution in [0.4, 0.5) is 4.39 Å². The van der Waals surface area contributed by atoms with E-state index in [1.807, 2.05) is 36.4 Å². The largest absolute Gasteiger partial charge is 0.351 e. The smallest absolute Gasteiger partial charge is 0.230 e. The highest BCUT2D eigenvalue weighted by atomic mass is 32.2. The summed E-state index contributed by atoms with van der Waals surface area (Å²) in [5.41, 5.74) is 3.59. The molecule has 0 saturated carbocycles. The molecule has 0 aliphatic carbocycles. The summed E-state index contributed by atoms with van der Waals surface area (Å²) in [6.45, 7) is 0.363. The Morgan fingerprint density at radius 3 is 2.68 bits per heavy atom. The molecule has 0 saturated heterocycles. The zero-order valence-corrected chi connectivity index (χ0v) is 15.7. The van der Waals surface area contributed by atoms with Gasteiger partial charge in [0.1, 0.15) is 10.8 Å². The molecule has 0 unspecified atom stereocenters. The molecule has 2 aromatic heterocycles. The summed E-state index contributed by atoms with van der Waals surface area (Å²) in [7, 11) is 0. The first-order valence-corrected chi connectivity index (χ1v) is 9.71. The van der Waals surface area contributed by atoms with Crippen molar-refractivity contribution in [3.8, 4) is 11.3 Å². The van der Waals surface area contributed by atoms with Gasteiger partial charge in [0.15, 0.2) is 0 Å². The first-order valence-electron chi connectivity index (χ1n) is 8.73. The lowest BCUT2D eigenvalue weighted by molar-refractivity contribution is -0.118. The first-order chi connectivity index (χ1) is 13.7. The van der Waals surface area contributed by atoms with Gasteiger partial charge >= 0.3 is 0 Å². The van der Waals surface area contributed by atoms with Gasteiger partial charge in [0, 0.05) is 24.5 Å². The Labute approximate surface area is 165 Å². The van der Waals surface area contributed by atoms with Gasteiger partial charge in [-0.05, 0) is 23.8 Å².